The molecule has 0 spiro atoms. The number of methoxy groups -OCH3 is 1. The molecule has 1 aliphatic rings. The summed E-state index contributed by atoms with van der Waals surface area (Å²) >= 11 is 0. The number of carbonyl (C=O) groups excluding carboxylic acids is 1. The summed E-state index contributed by atoms with van der Waals surface area (Å²) in [6, 6.07) is -0.558. The molecule has 0 saturated carbocycles. The fraction of sp³-hybridized carbons (Fsp3) is 0.917. The number of azide groups is 1. The molecule has 1 aliphatic heterocycles. The Kier molecular flexibility index (Phi) is 5.20. The summed E-state index contributed by atoms with van der Waals surface area (Å²) in [7, 11) is -0.615. The van der Waals surface area contributed by atoms with Gasteiger partial charge in [-0.15, -0.1) is 0 Å². The molecule has 1 saturated heterocycles. The largest absolute Gasteiger partial charge is 0.467 e. The van der Waals surface area contributed by atoms with E-state index < -0.39 is 26.4 Å². The fourth-order valence-corrected chi connectivity index (χ4v) is 2.62. The molecule has 7 nitrogen and oxygen atoms in total. The maximum absolute atomic E-state index is 11.4. The Morgan fingerprint density at radius 3 is 2.50 bits per heavy atom. The van der Waals surface area contributed by atoms with Gasteiger partial charge in [0, 0.05) is 4.91 Å². The van der Waals surface area contributed by atoms with Crippen molar-refractivity contribution in [1.82, 2.24) is 0 Å². The van der Waals surface area contributed by atoms with Gasteiger partial charge in [-0.1, -0.05) is 25.9 Å². The zero-order valence-corrected chi connectivity index (χ0v) is 13.9. The van der Waals surface area contributed by atoms with Gasteiger partial charge in [0.2, 0.25) is 0 Å². The van der Waals surface area contributed by atoms with Gasteiger partial charge in [0.1, 0.15) is 6.04 Å². The summed E-state index contributed by atoms with van der Waals surface area (Å²) < 4.78 is 16.0. The van der Waals surface area contributed by atoms with Crippen molar-refractivity contribution in [1.29, 1.82) is 0 Å². The maximum Gasteiger partial charge on any atom is 0.335 e. The average molecular weight is 301 g/mol. The molecule has 0 radical (unpaired) electrons. The highest BCUT2D eigenvalue weighted by Gasteiger charge is 2.48. The highest BCUT2D eigenvalue weighted by Crippen LogP contribution is 2.37. The Balaban J connectivity index is 2.62. The van der Waals surface area contributed by atoms with Crippen LogP contribution in [0.4, 0.5) is 0 Å². The summed E-state index contributed by atoms with van der Waals surface area (Å²) in [5.74, 6) is -0.522. The molecule has 0 amide bonds. The molecule has 8 heteroatoms. The first-order chi connectivity index (χ1) is 9.14. The first kappa shape index (κ1) is 17.0. The zero-order valence-electron chi connectivity index (χ0n) is 12.9. The molecule has 1 heterocycles. The monoisotopic (exact) mass is 301 g/mol. The van der Waals surface area contributed by atoms with Crippen LogP contribution in [0.5, 0.6) is 0 Å². The molecule has 0 N–H and O–H groups in total. The van der Waals surface area contributed by atoms with Crippen LogP contribution >= 0.6 is 0 Å². The third-order valence-electron chi connectivity index (χ3n) is 4.05. The number of hydrogen-bond donors (Lipinski definition) is 0. The summed E-state index contributed by atoms with van der Waals surface area (Å²) in [5.41, 5.74) is 8.57. The van der Waals surface area contributed by atoms with Crippen molar-refractivity contribution in [3.63, 3.8) is 0 Å². The molecule has 3 atom stereocenters. The lowest BCUT2D eigenvalue weighted by Crippen LogP contribution is -2.59. The average Bonchev–Trinajstić information content (AvgIpc) is 2.32. The van der Waals surface area contributed by atoms with Crippen molar-refractivity contribution in [2.75, 3.05) is 13.7 Å². The topological polar surface area (TPSA) is 93.5 Å². The van der Waals surface area contributed by atoms with E-state index in [4.69, 9.17) is 14.7 Å². The van der Waals surface area contributed by atoms with Gasteiger partial charge in [-0.2, -0.15) is 0 Å². The van der Waals surface area contributed by atoms with E-state index in [0.29, 0.717) is 6.61 Å². The fourth-order valence-electron chi connectivity index (χ4n) is 1.61. The first-order valence-corrected chi connectivity index (χ1v) is 9.46. The van der Waals surface area contributed by atoms with Crippen LogP contribution in [0, 0.1) is 0 Å². The number of ether oxygens (including phenoxy) is 2. The lowest BCUT2D eigenvalue weighted by Gasteiger charge is -2.43. The second-order valence-corrected chi connectivity index (χ2v) is 11.2. The van der Waals surface area contributed by atoms with Crippen LogP contribution in [0.15, 0.2) is 5.11 Å². The number of rotatable bonds is 5. The second kappa shape index (κ2) is 6.13. The van der Waals surface area contributed by atoms with E-state index >= 15 is 0 Å². The predicted octanol–water partition coefficient (Wildman–Crippen LogP) is 2.63. The molecule has 0 aromatic carbocycles. The minimum atomic E-state index is -1.89. The van der Waals surface area contributed by atoms with Crippen LogP contribution in [0.2, 0.25) is 18.1 Å². The normalized spacial score (nSPS) is 26.4. The first-order valence-electron chi connectivity index (χ1n) is 6.55. The van der Waals surface area contributed by atoms with Gasteiger partial charge in [-0.25, -0.2) is 4.79 Å². The summed E-state index contributed by atoms with van der Waals surface area (Å²) in [6.07, 6.45) is -1.20. The van der Waals surface area contributed by atoms with E-state index in [2.05, 4.69) is 48.6 Å². The van der Waals surface area contributed by atoms with Gasteiger partial charge in [0.05, 0.1) is 19.8 Å². The van der Waals surface area contributed by atoms with Crippen molar-refractivity contribution in [3.05, 3.63) is 10.4 Å². The number of esters is 1. The Morgan fingerprint density at radius 1 is 1.45 bits per heavy atom. The van der Waals surface area contributed by atoms with Crippen LogP contribution in [-0.2, 0) is 18.7 Å². The molecular formula is C12H23N3O4Si. The van der Waals surface area contributed by atoms with Crippen LogP contribution in [0.3, 0.4) is 0 Å². The molecule has 1 fully saturated rings. The highest BCUT2D eigenvalue weighted by atomic mass is 28.4. The quantitative estimate of drug-likeness (QED) is 0.256. The van der Waals surface area contributed by atoms with Gasteiger partial charge in [0.15, 0.2) is 14.4 Å². The van der Waals surface area contributed by atoms with Gasteiger partial charge in [0.25, 0.3) is 0 Å². The molecule has 114 valence electrons. The van der Waals surface area contributed by atoms with Gasteiger partial charge < -0.3 is 13.9 Å². The number of nitrogens with zero attached hydrogens (tertiary/aromatic N) is 3. The standard InChI is InChI=1S/C12H23N3O4Si/c1-12(2,3)20(5,6)18-7-8-9(14-15-13)10(19-8)11(16)17-4/h8-10H,7H2,1-6H3/t8-,9+,10+/m1/s1. The summed E-state index contributed by atoms with van der Waals surface area (Å²) in [4.78, 5) is 14.2. The van der Waals surface area contributed by atoms with Crippen molar-refractivity contribution in [3.8, 4) is 0 Å². The Morgan fingerprint density at radius 2 is 2.05 bits per heavy atom. The lowest BCUT2D eigenvalue weighted by molar-refractivity contribution is -0.194. The molecule has 0 unspecified atom stereocenters. The van der Waals surface area contributed by atoms with E-state index in [-0.39, 0.29) is 11.1 Å². The van der Waals surface area contributed by atoms with Crippen LogP contribution < -0.4 is 0 Å². The molecule has 0 aromatic heterocycles. The molecule has 20 heavy (non-hydrogen) atoms. The SMILES string of the molecule is COC(=O)[C@H]1O[C@H](CO[Si](C)(C)C(C)(C)C)[C@@H]1N=[N+]=[N-]. The van der Waals surface area contributed by atoms with Crippen molar-refractivity contribution in [2.45, 2.75) is 57.2 Å². The summed E-state index contributed by atoms with van der Waals surface area (Å²) in [6.45, 7) is 11.0. The van der Waals surface area contributed by atoms with Crippen molar-refractivity contribution >= 4 is 14.3 Å². The van der Waals surface area contributed by atoms with Crippen LogP contribution in [-0.4, -0.2) is 46.3 Å². The molecule has 1 rings (SSSR count). The van der Waals surface area contributed by atoms with E-state index in [0.717, 1.165) is 0 Å². The molecule has 0 aromatic rings. The van der Waals surface area contributed by atoms with E-state index in [1.165, 1.54) is 7.11 Å². The van der Waals surface area contributed by atoms with Crippen LogP contribution in [0.1, 0.15) is 20.8 Å². The second-order valence-electron chi connectivity index (χ2n) is 6.39. The zero-order chi connectivity index (χ0) is 15.6. The van der Waals surface area contributed by atoms with Crippen molar-refractivity contribution < 1.29 is 18.7 Å². The van der Waals surface area contributed by atoms with E-state index in [1.54, 1.807) is 0 Å². The third-order valence-corrected chi connectivity index (χ3v) is 8.55. The van der Waals surface area contributed by atoms with Crippen molar-refractivity contribution in [2.24, 2.45) is 5.11 Å². The van der Waals surface area contributed by atoms with E-state index in [1.807, 2.05) is 0 Å². The summed E-state index contributed by atoms with van der Waals surface area (Å²) in [5, 5.41) is 3.70. The van der Waals surface area contributed by atoms with Crippen LogP contribution in [0.25, 0.3) is 10.4 Å². The number of carbonyl (C=O) groups is 1. The van der Waals surface area contributed by atoms with Gasteiger partial charge >= 0.3 is 5.97 Å². The molecular weight excluding hydrogens is 278 g/mol. The maximum atomic E-state index is 11.4. The lowest BCUT2D eigenvalue weighted by atomic mass is 9.99. The Labute approximate surface area is 120 Å². The molecule has 0 bridgehead atoms. The van der Waals surface area contributed by atoms with E-state index in [9.17, 15) is 4.79 Å². The number of hydrogen-bond acceptors (Lipinski definition) is 5. The Hall–Kier alpha value is -1.08. The minimum Gasteiger partial charge on any atom is -0.467 e. The minimum absolute atomic E-state index is 0.0898. The predicted molar refractivity (Wildman–Crippen MR) is 76.8 cm³/mol. The smallest absolute Gasteiger partial charge is 0.335 e. The highest BCUT2D eigenvalue weighted by molar-refractivity contribution is 6.74. The third kappa shape index (κ3) is 3.52. The van der Waals surface area contributed by atoms with Gasteiger partial charge in [-0.05, 0) is 23.7 Å². The van der Waals surface area contributed by atoms with Gasteiger partial charge in [-0.3, -0.25) is 0 Å². The Bertz CT molecular complexity index is 415. The molecule has 0 aliphatic carbocycles.